The Morgan fingerprint density at radius 3 is 2.39 bits per heavy atom. The van der Waals surface area contributed by atoms with E-state index >= 15 is 0 Å². The maximum absolute atomic E-state index is 13.6. The van der Waals surface area contributed by atoms with Gasteiger partial charge in [0.15, 0.2) is 0 Å². The van der Waals surface area contributed by atoms with Gasteiger partial charge in [-0.3, -0.25) is 0 Å². The number of carbonyl (C=O) groups is 1. The molecular weight excluding hydrogens is 523 g/mol. The SMILES string of the molecule is CCCN(I)[C@]1(c2ccccc2)CC[C@]2(CC1)CN(CC(C)(C)C#N)C(=O)N2CC1CCC1. The Labute approximate surface area is 214 Å². The molecular formula is C27H39IN4O. The average Bonchev–Trinajstić information content (AvgIpc) is 3.02. The second kappa shape index (κ2) is 9.73. The summed E-state index contributed by atoms with van der Waals surface area (Å²) in [6.45, 7) is 9.38. The molecule has 0 unspecified atom stereocenters. The molecule has 4 rings (SSSR count). The third kappa shape index (κ3) is 4.77. The number of nitriles is 1. The van der Waals surface area contributed by atoms with Gasteiger partial charge >= 0.3 is 6.03 Å². The molecule has 2 saturated carbocycles. The highest BCUT2D eigenvalue weighted by atomic mass is 127. The van der Waals surface area contributed by atoms with Gasteiger partial charge in [0.2, 0.25) is 0 Å². The summed E-state index contributed by atoms with van der Waals surface area (Å²) in [5.41, 5.74) is 0.805. The summed E-state index contributed by atoms with van der Waals surface area (Å²) in [5.74, 6) is 0.650. The first-order chi connectivity index (χ1) is 15.8. The molecule has 1 aromatic rings. The molecule has 3 fully saturated rings. The lowest BCUT2D eigenvalue weighted by atomic mass is 9.68. The Morgan fingerprint density at radius 2 is 1.85 bits per heavy atom. The van der Waals surface area contributed by atoms with Crippen molar-refractivity contribution in [3.8, 4) is 6.07 Å². The first-order valence-electron chi connectivity index (χ1n) is 12.7. The van der Waals surface area contributed by atoms with Crippen LogP contribution in [0.1, 0.15) is 77.7 Å². The molecule has 1 aromatic carbocycles. The van der Waals surface area contributed by atoms with Gasteiger partial charge in [0, 0.05) is 49.0 Å². The number of hydrogen-bond donors (Lipinski definition) is 0. The molecule has 0 radical (unpaired) electrons. The number of nitrogens with zero attached hydrogens (tertiary/aromatic N) is 4. The van der Waals surface area contributed by atoms with E-state index in [1.165, 1.54) is 24.8 Å². The van der Waals surface area contributed by atoms with Crippen LogP contribution in [0.5, 0.6) is 0 Å². The lowest BCUT2D eigenvalue weighted by molar-refractivity contribution is 0.0371. The minimum Gasteiger partial charge on any atom is -0.321 e. The molecule has 3 aliphatic rings. The van der Waals surface area contributed by atoms with Crippen LogP contribution in [0.25, 0.3) is 0 Å². The lowest BCUT2D eigenvalue weighted by Crippen LogP contribution is -2.56. The molecule has 180 valence electrons. The molecule has 1 spiro atoms. The molecule has 2 amide bonds. The Balaban J connectivity index is 1.61. The van der Waals surface area contributed by atoms with Crippen molar-refractivity contribution >= 4 is 28.9 Å². The van der Waals surface area contributed by atoms with Crippen molar-refractivity contribution < 1.29 is 4.79 Å². The fourth-order valence-electron chi connectivity index (χ4n) is 6.11. The van der Waals surface area contributed by atoms with Gasteiger partial charge in [-0.05, 0) is 70.3 Å². The van der Waals surface area contributed by atoms with E-state index in [9.17, 15) is 10.1 Å². The molecule has 0 N–H and O–H groups in total. The van der Waals surface area contributed by atoms with Gasteiger partial charge in [-0.15, -0.1) is 0 Å². The fourth-order valence-corrected chi connectivity index (χ4v) is 7.35. The van der Waals surface area contributed by atoms with E-state index in [0.717, 1.165) is 51.7 Å². The normalized spacial score (nSPS) is 28.4. The smallest absolute Gasteiger partial charge is 0.320 e. The lowest BCUT2D eigenvalue weighted by Gasteiger charge is -2.51. The molecule has 2 aliphatic carbocycles. The van der Waals surface area contributed by atoms with Crippen LogP contribution < -0.4 is 0 Å². The van der Waals surface area contributed by atoms with Crippen LogP contribution in [0.4, 0.5) is 4.79 Å². The Kier molecular flexibility index (Phi) is 7.31. The van der Waals surface area contributed by atoms with E-state index in [0.29, 0.717) is 12.5 Å². The standard InChI is InChI=1S/C27H39IN4O/c1-4-17-32(28)27(23-11-6-5-7-12-23)15-13-26(14-16-27)21-30(20-25(2,3)19-29)24(33)31(26)18-22-9-8-10-22/h5-7,11-12,22H,4,8-10,13-18,20-21H2,1-3H3/t26-,27+. The largest absolute Gasteiger partial charge is 0.321 e. The second-order valence-electron chi connectivity index (χ2n) is 11.2. The fraction of sp³-hybridized carbons (Fsp3) is 0.704. The van der Waals surface area contributed by atoms with E-state index in [-0.39, 0.29) is 17.1 Å². The number of amides is 2. The molecule has 1 heterocycles. The quantitative estimate of drug-likeness (QED) is 0.274. The Hall–Kier alpha value is -1.33. The summed E-state index contributed by atoms with van der Waals surface area (Å²) < 4.78 is 2.54. The number of urea groups is 1. The minimum atomic E-state index is -0.522. The summed E-state index contributed by atoms with van der Waals surface area (Å²) in [6.07, 6.45) is 9.08. The highest BCUT2D eigenvalue weighted by Gasteiger charge is 2.55. The van der Waals surface area contributed by atoms with E-state index in [1.807, 2.05) is 18.7 Å². The van der Waals surface area contributed by atoms with Crippen LogP contribution in [0.2, 0.25) is 0 Å². The highest BCUT2D eigenvalue weighted by molar-refractivity contribution is 14.1. The second-order valence-corrected chi connectivity index (χ2v) is 12.4. The van der Waals surface area contributed by atoms with Crippen LogP contribution in [-0.2, 0) is 5.54 Å². The van der Waals surface area contributed by atoms with Crippen LogP contribution in [0.3, 0.4) is 0 Å². The zero-order valence-electron chi connectivity index (χ0n) is 20.5. The van der Waals surface area contributed by atoms with Crippen LogP contribution in [0.15, 0.2) is 30.3 Å². The van der Waals surface area contributed by atoms with Crippen molar-refractivity contribution in [1.82, 2.24) is 12.9 Å². The van der Waals surface area contributed by atoms with E-state index < -0.39 is 5.41 Å². The average molecular weight is 563 g/mol. The van der Waals surface area contributed by atoms with Gasteiger partial charge in [0.1, 0.15) is 0 Å². The van der Waals surface area contributed by atoms with E-state index in [1.54, 1.807) is 0 Å². The predicted octanol–water partition coefficient (Wildman–Crippen LogP) is 6.34. The topological polar surface area (TPSA) is 50.6 Å². The number of rotatable bonds is 8. The first-order valence-corrected chi connectivity index (χ1v) is 13.7. The van der Waals surface area contributed by atoms with Crippen molar-refractivity contribution in [2.45, 2.75) is 83.2 Å². The number of hydrogen-bond acceptors (Lipinski definition) is 3. The number of benzene rings is 1. The zero-order valence-corrected chi connectivity index (χ0v) is 22.7. The summed E-state index contributed by atoms with van der Waals surface area (Å²) in [5, 5.41) is 9.60. The van der Waals surface area contributed by atoms with Crippen molar-refractivity contribution in [2.75, 3.05) is 26.2 Å². The zero-order chi connectivity index (χ0) is 23.7. The predicted molar refractivity (Wildman–Crippen MR) is 141 cm³/mol. The van der Waals surface area contributed by atoms with Gasteiger partial charge in [0.05, 0.1) is 22.6 Å². The van der Waals surface area contributed by atoms with Crippen molar-refractivity contribution in [3.05, 3.63) is 35.9 Å². The molecule has 0 atom stereocenters. The third-order valence-corrected chi connectivity index (χ3v) is 9.72. The monoisotopic (exact) mass is 562 g/mol. The highest BCUT2D eigenvalue weighted by Crippen LogP contribution is 2.51. The molecule has 0 aromatic heterocycles. The molecule has 0 bridgehead atoms. The summed E-state index contributed by atoms with van der Waals surface area (Å²) in [6, 6.07) is 13.6. The summed E-state index contributed by atoms with van der Waals surface area (Å²) in [4.78, 5) is 17.9. The van der Waals surface area contributed by atoms with Crippen molar-refractivity contribution in [3.63, 3.8) is 0 Å². The van der Waals surface area contributed by atoms with Gasteiger partial charge in [-0.1, -0.05) is 43.7 Å². The maximum Gasteiger partial charge on any atom is 0.320 e. The molecule has 1 saturated heterocycles. The summed E-state index contributed by atoms with van der Waals surface area (Å²) in [7, 11) is 0. The Bertz CT molecular complexity index is 868. The van der Waals surface area contributed by atoms with Crippen molar-refractivity contribution in [1.29, 1.82) is 5.26 Å². The molecule has 5 nitrogen and oxygen atoms in total. The van der Waals surface area contributed by atoms with Crippen LogP contribution in [0, 0.1) is 22.7 Å². The van der Waals surface area contributed by atoms with Gasteiger partial charge in [0.25, 0.3) is 0 Å². The van der Waals surface area contributed by atoms with Crippen molar-refractivity contribution in [2.24, 2.45) is 11.3 Å². The van der Waals surface area contributed by atoms with Gasteiger partial charge < -0.3 is 9.80 Å². The van der Waals surface area contributed by atoms with Gasteiger partial charge in [-0.25, -0.2) is 7.91 Å². The molecule has 33 heavy (non-hydrogen) atoms. The maximum atomic E-state index is 13.6. The Morgan fingerprint density at radius 1 is 1.18 bits per heavy atom. The number of carbonyl (C=O) groups excluding carboxylic acids is 1. The minimum absolute atomic E-state index is 0.0214. The van der Waals surface area contributed by atoms with E-state index in [4.69, 9.17) is 0 Å². The summed E-state index contributed by atoms with van der Waals surface area (Å²) >= 11 is 2.55. The van der Waals surface area contributed by atoms with E-state index in [2.05, 4.69) is 74.2 Å². The molecule has 6 heteroatoms. The molecule has 1 aliphatic heterocycles. The van der Waals surface area contributed by atoms with Gasteiger partial charge in [-0.2, -0.15) is 5.26 Å². The third-order valence-electron chi connectivity index (χ3n) is 8.32. The number of halogens is 1. The first kappa shape index (κ1) is 24.8. The van der Waals surface area contributed by atoms with Crippen LogP contribution in [-0.4, -0.2) is 50.7 Å². The van der Waals surface area contributed by atoms with Crippen LogP contribution >= 0.6 is 22.9 Å².